The third-order valence-corrected chi connectivity index (χ3v) is 5.05. The third kappa shape index (κ3) is 2.39. The molecule has 0 unspecified atom stereocenters. The van der Waals surface area contributed by atoms with Crippen LogP contribution in [0.25, 0.3) is 0 Å². The summed E-state index contributed by atoms with van der Waals surface area (Å²) in [5.41, 5.74) is 3.53. The quantitative estimate of drug-likeness (QED) is 0.783. The lowest BCUT2D eigenvalue weighted by molar-refractivity contribution is 0.00578. The van der Waals surface area contributed by atoms with E-state index >= 15 is 0 Å². The molecule has 1 saturated carbocycles. The molecule has 21 heavy (non-hydrogen) atoms. The van der Waals surface area contributed by atoms with Gasteiger partial charge >= 0.3 is 7.12 Å². The minimum absolute atomic E-state index is 0.334. The van der Waals surface area contributed by atoms with Gasteiger partial charge in [-0.15, -0.1) is 0 Å². The maximum absolute atomic E-state index is 9.20. The van der Waals surface area contributed by atoms with Crippen LogP contribution >= 0.6 is 0 Å². The van der Waals surface area contributed by atoms with E-state index < -0.39 is 0 Å². The van der Waals surface area contributed by atoms with E-state index in [0.29, 0.717) is 5.92 Å². The first-order valence-corrected chi connectivity index (χ1v) is 7.65. The van der Waals surface area contributed by atoms with Crippen LogP contribution in [0.2, 0.25) is 0 Å². The van der Waals surface area contributed by atoms with E-state index in [4.69, 9.17) is 9.31 Å². The van der Waals surface area contributed by atoms with Crippen molar-refractivity contribution in [2.75, 3.05) is 0 Å². The Morgan fingerprint density at radius 2 is 1.71 bits per heavy atom. The first-order chi connectivity index (χ1) is 9.75. The second-order valence-electron chi connectivity index (χ2n) is 7.27. The molecule has 2 aliphatic rings. The van der Waals surface area contributed by atoms with Gasteiger partial charge in [0.15, 0.2) is 0 Å². The van der Waals surface area contributed by atoms with Gasteiger partial charge in [0.2, 0.25) is 0 Å². The topological polar surface area (TPSA) is 42.2 Å². The molecule has 1 aromatic rings. The van der Waals surface area contributed by atoms with Crippen molar-refractivity contribution in [1.82, 2.24) is 0 Å². The van der Waals surface area contributed by atoms with Gasteiger partial charge < -0.3 is 9.31 Å². The fraction of sp³-hybridized carbons (Fsp3) is 0.588. The van der Waals surface area contributed by atoms with Gasteiger partial charge in [-0.05, 0) is 82.1 Å². The second-order valence-corrected chi connectivity index (χ2v) is 7.27. The van der Waals surface area contributed by atoms with E-state index in [0.717, 1.165) is 16.6 Å². The van der Waals surface area contributed by atoms with Gasteiger partial charge in [-0.25, -0.2) is 0 Å². The van der Waals surface area contributed by atoms with Crippen LogP contribution < -0.4 is 5.46 Å². The molecule has 110 valence electrons. The molecule has 3 nitrogen and oxygen atoms in total. The zero-order valence-corrected chi connectivity index (χ0v) is 13.5. The van der Waals surface area contributed by atoms with Crippen LogP contribution in [0.3, 0.4) is 0 Å². The van der Waals surface area contributed by atoms with Gasteiger partial charge in [0.1, 0.15) is 0 Å². The summed E-state index contributed by atoms with van der Waals surface area (Å²) >= 11 is 0. The molecule has 2 fully saturated rings. The number of nitriles is 1. The summed E-state index contributed by atoms with van der Waals surface area (Å²) in [6.45, 7) is 10.3. The van der Waals surface area contributed by atoms with Crippen molar-refractivity contribution in [2.24, 2.45) is 0 Å². The molecular formula is C17H22BNO2. The Bertz CT molecular complexity index is 610. The number of nitrogens with zero attached hydrogens (tertiary/aromatic N) is 1. The Morgan fingerprint density at radius 3 is 2.19 bits per heavy atom. The molecule has 1 saturated heterocycles. The fourth-order valence-electron chi connectivity index (χ4n) is 2.91. The predicted octanol–water partition coefficient (Wildman–Crippen LogP) is 3.04. The van der Waals surface area contributed by atoms with Crippen molar-refractivity contribution in [2.45, 2.75) is 64.6 Å². The van der Waals surface area contributed by atoms with Crippen LogP contribution in [0.15, 0.2) is 12.1 Å². The fourth-order valence-corrected chi connectivity index (χ4v) is 2.91. The van der Waals surface area contributed by atoms with Crippen molar-refractivity contribution in [3.63, 3.8) is 0 Å². The molecule has 1 heterocycles. The average molecular weight is 283 g/mol. The van der Waals surface area contributed by atoms with E-state index in [1.54, 1.807) is 0 Å². The summed E-state index contributed by atoms with van der Waals surface area (Å²) in [6, 6.07) is 6.22. The minimum atomic E-state index is -0.335. The molecule has 4 heteroatoms. The normalized spacial score (nSPS) is 23.1. The molecule has 0 bridgehead atoms. The SMILES string of the molecule is Cc1cc(C#N)cc(C2CC2)c1B1OC(C)(C)C(C)(C)O1. The highest BCUT2D eigenvalue weighted by Gasteiger charge is 2.53. The lowest BCUT2D eigenvalue weighted by Gasteiger charge is -2.32. The summed E-state index contributed by atoms with van der Waals surface area (Å²) in [5.74, 6) is 0.561. The second kappa shape index (κ2) is 4.59. The summed E-state index contributed by atoms with van der Waals surface area (Å²) < 4.78 is 12.4. The van der Waals surface area contributed by atoms with E-state index in [1.807, 2.05) is 19.1 Å². The molecular weight excluding hydrogens is 261 g/mol. The van der Waals surface area contributed by atoms with E-state index in [-0.39, 0.29) is 18.3 Å². The predicted molar refractivity (Wildman–Crippen MR) is 83.6 cm³/mol. The van der Waals surface area contributed by atoms with Crippen molar-refractivity contribution in [3.05, 3.63) is 28.8 Å². The zero-order valence-electron chi connectivity index (χ0n) is 13.5. The Kier molecular flexibility index (Phi) is 3.20. The summed E-state index contributed by atoms with van der Waals surface area (Å²) in [7, 11) is -0.335. The Hall–Kier alpha value is -1.31. The zero-order chi connectivity index (χ0) is 15.4. The average Bonchev–Trinajstić information content (AvgIpc) is 3.17. The van der Waals surface area contributed by atoms with Crippen LogP contribution in [0.4, 0.5) is 0 Å². The van der Waals surface area contributed by atoms with E-state index in [2.05, 4.69) is 33.8 Å². The van der Waals surface area contributed by atoms with Gasteiger partial charge in [0, 0.05) is 0 Å². The standard InChI is InChI=1S/C17H22BNO2/c1-11-8-12(10-19)9-14(13-6-7-13)15(11)18-20-16(2,3)17(4,5)21-18/h8-9,13H,6-7H2,1-5H3. The van der Waals surface area contributed by atoms with Gasteiger partial charge in [-0.2, -0.15) is 5.26 Å². The largest absolute Gasteiger partial charge is 0.495 e. The maximum atomic E-state index is 9.20. The van der Waals surface area contributed by atoms with Gasteiger partial charge in [-0.1, -0.05) is 0 Å². The number of aryl methyl sites for hydroxylation is 1. The molecule has 0 radical (unpaired) electrons. The molecule has 1 aliphatic heterocycles. The van der Waals surface area contributed by atoms with Crippen molar-refractivity contribution in [1.29, 1.82) is 5.26 Å². The van der Waals surface area contributed by atoms with Crippen LogP contribution in [0.1, 0.15) is 63.1 Å². The first kappa shape index (κ1) is 14.6. The lowest BCUT2D eigenvalue weighted by Crippen LogP contribution is -2.41. The van der Waals surface area contributed by atoms with Crippen molar-refractivity contribution < 1.29 is 9.31 Å². The molecule has 0 amide bonds. The number of hydrogen-bond donors (Lipinski definition) is 0. The maximum Gasteiger partial charge on any atom is 0.495 e. The molecule has 3 rings (SSSR count). The van der Waals surface area contributed by atoms with Crippen molar-refractivity contribution >= 4 is 12.6 Å². The highest BCUT2D eigenvalue weighted by atomic mass is 16.7. The molecule has 0 aromatic heterocycles. The smallest absolute Gasteiger partial charge is 0.399 e. The highest BCUT2D eigenvalue weighted by Crippen LogP contribution is 2.42. The Labute approximate surface area is 127 Å². The number of rotatable bonds is 2. The molecule has 1 aromatic carbocycles. The van der Waals surface area contributed by atoms with Gasteiger partial charge in [0.25, 0.3) is 0 Å². The molecule has 0 spiro atoms. The van der Waals surface area contributed by atoms with Gasteiger partial charge in [-0.3, -0.25) is 0 Å². The van der Waals surface area contributed by atoms with Crippen LogP contribution in [-0.4, -0.2) is 18.3 Å². The molecule has 0 atom stereocenters. The summed E-state index contributed by atoms with van der Waals surface area (Å²) in [4.78, 5) is 0. The van der Waals surface area contributed by atoms with Gasteiger partial charge in [0.05, 0.1) is 22.8 Å². The number of benzene rings is 1. The monoisotopic (exact) mass is 283 g/mol. The number of hydrogen-bond acceptors (Lipinski definition) is 3. The third-order valence-electron chi connectivity index (χ3n) is 5.05. The van der Waals surface area contributed by atoms with Crippen LogP contribution in [0.5, 0.6) is 0 Å². The molecule has 1 aliphatic carbocycles. The summed E-state index contributed by atoms with van der Waals surface area (Å²) in [5, 5.41) is 9.20. The van der Waals surface area contributed by atoms with Crippen molar-refractivity contribution in [3.8, 4) is 6.07 Å². The summed E-state index contributed by atoms with van der Waals surface area (Å²) in [6.07, 6.45) is 2.39. The van der Waals surface area contributed by atoms with Crippen LogP contribution in [0, 0.1) is 18.3 Å². The Morgan fingerprint density at radius 1 is 1.14 bits per heavy atom. The van der Waals surface area contributed by atoms with E-state index in [9.17, 15) is 5.26 Å². The minimum Gasteiger partial charge on any atom is -0.399 e. The van der Waals surface area contributed by atoms with E-state index in [1.165, 1.54) is 18.4 Å². The molecule has 0 N–H and O–H groups in total. The van der Waals surface area contributed by atoms with Crippen LogP contribution in [-0.2, 0) is 9.31 Å². The lowest BCUT2D eigenvalue weighted by atomic mass is 9.71. The highest BCUT2D eigenvalue weighted by molar-refractivity contribution is 6.63. The first-order valence-electron chi connectivity index (χ1n) is 7.65. The Balaban J connectivity index is 2.06.